The quantitative estimate of drug-likeness (QED) is 0.559. The molecule has 0 bridgehead atoms. The van der Waals surface area contributed by atoms with Gasteiger partial charge in [-0.1, -0.05) is 54.4 Å². The average Bonchev–Trinajstić information content (AvgIpc) is 2.44. The molecule has 0 aromatic carbocycles. The van der Waals surface area contributed by atoms with Crippen LogP contribution in [0, 0.1) is 5.92 Å². The van der Waals surface area contributed by atoms with Crippen molar-refractivity contribution < 1.29 is 0 Å². The Balaban J connectivity index is 5.01. The van der Waals surface area contributed by atoms with E-state index in [0.717, 1.165) is 25.6 Å². The van der Waals surface area contributed by atoms with E-state index in [4.69, 9.17) is 0 Å². The van der Waals surface area contributed by atoms with Gasteiger partial charge in [-0.25, -0.2) is 0 Å². The van der Waals surface area contributed by atoms with Crippen molar-refractivity contribution in [3.63, 3.8) is 0 Å². The fourth-order valence-corrected chi connectivity index (χ4v) is 3.53. The van der Waals surface area contributed by atoms with Crippen LogP contribution in [0.5, 0.6) is 0 Å². The van der Waals surface area contributed by atoms with Gasteiger partial charge in [-0.3, -0.25) is 4.90 Å². The molecule has 0 saturated carbocycles. The Labute approximate surface area is 128 Å². The molecule has 3 atom stereocenters. The summed E-state index contributed by atoms with van der Waals surface area (Å²) in [5, 5.41) is 3.86. The maximum Gasteiger partial charge on any atom is 0.0331 e. The van der Waals surface area contributed by atoms with Crippen LogP contribution in [0.3, 0.4) is 0 Å². The number of nitrogens with zero attached hydrogens (tertiary/aromatic N) is 1. The van der Waals surface area contributed by atoms with Gasteiger partial charge < -0.3 is 5.32 Å². The van der Waals surface area contributed by atoms with E-state index in [1.54, 1.807) is 0 Å². The second-order valence-corrected chi connectivity index (χ2v) is 6.52. The predicted molar refractivity (Wildman–Crippen MR) is 92.4 cm³/mol. The van der Waals surface area contributed by atoms with Crippen LogP contribution in [0.2, 0.25) is 0 Å². The lowest BCUT2D eigenvalue weighted by Crippen LogP contribution is -2.59. The van der Waals surface area contributed by atoms with E-state index in [1.807, 2.05) is 0 Å². The highest BCUT2D eigenvalue weighted by molar-refractivity contribution is 4.96. The average molecular weight is 285 g/mol. The van der Waals surface area contributed by atoms with Gasteiger partial charge in [0.2, 0.25) is 0 Å². The maximum atomic E-state index is 3.86. The summed E-state index contributed by atoms with van der Waals surface area (Å²) >= 11 is 0. The summed E-state index contributed by atoms with van der Waals surface area (Å²) in [7, 11) is 0. The molecule has 0 aliphatic heterocycles. The fourth-order valence-electron chi connectivity index (χ4n) is 3.53. The first-order valence-electron chi connectivity index (χ1n) is 8.98. The molecule has 20 heavy (non-hydrogen) atoms. The molecule has 0 aromatic heterocycles. The lowest BCUT2D eigenvalue weighted by Gasteiger charge is -2.47. The molecule has 2 nitrogen and oxygen atoms in total. The Kier molecular flexibility index (Phi) is 10.6. The smallest absolute Gasteiger partial charge is 0.0331 e. The van der Waals surface area contributed by atoms with Crippen LogP contribution >= 0.6 is 0 Å². The van der Waals surface area contributed by atoms with E-state index in [1.165, 1.54) is 32.1 Å². The van der Waals surface area contributed by atoms with Gasteiger partial charge in [0.15, 0.2) is 0 Å². The fraction of sp³-hybridized carbons (Fsp3) is 1.00. The van der Waals surface area contributed by atoms with Crippen LogP contribution < -0.4 is 5.32 Å². The van der Waals surface area contributed by atoms with Crippen molar-refractivity contribution in [3.8, 4) is 0 Å². The van der Waals surface area contributed by atoms with Crippen LogP contribution in [0.25, 0.3) is 0 Å². The molecule has 0 saturated heterocycles. The standard InChI is InChI=1S/C18H40N2/c1-8-13-16(6)15-17(19-14-9-2)18(7,10-3)20(11-4)12-5/h16-17,19H,8-15H2,1-7H3. The molecule has 0 aromatic rings. The third kappa shape index (κ3) is 5.73. The van der Waals surface area contributed by atoms with Gasteiger partial charge in [-0.05, 0) is 51.7 Å². The van der Waals surface area contributed by atoms with E-state index in [0.29, 0.717) is 6.04 Å². The van der Waals surface area contributed by atoms with Crippen LogP contribution in [0.1, 0.15) is 80.6 Å². The zero-order valence-corrected chi connectivity index (χ0v) is 15.3. The molecular formula is C18H40N2. The molecule has 3 unspecified atom stereocenters. The van der Waals surface area contributed by atoms with Crippen molar-refractivity contribution in [3.05, 3.63) is 0 Å². The minimum absolute atomic E-state index is 0.278. The van der Waals surface area contributed by atoms with Crippen molar-refractivity contribution in [2.75, 3.05) is 19.6 Å². The van der Waals surface area contributed by atoms with Crippen LogP contribution in [-0.4, -0.2) is 36.1 Å². The Hall–Kier alpha value is -0.0800. The molecule has 0 spiro atoms. The molecule has 122 valence electrons. The summed E-state index contributed by atoms with van der Waals surface area (Å²) in [5.74, 6) is 0.816. The molecule has 0 heterocycles. The topological polar surface area (TPSA) is 15.3 Å². The van der Waals surface area contributed by atoms with Crippen molar-refractivity contribution in [2.24, 2.45) is 5.92 Å². The Bertz CT molecular complexity index is 225. The van der Waals surface area contributed by atoms with Crippen molar-refractivity contribution in [2.45, 2.75) is 92.2 Å². The summed E-state index contributed by atoms with van der Waals surface area (Å²) in [6, 6.07) is 0.605. The summed E-state index contributed by atoms with van der Waals surface area (Å²) in [6.07, 6.45) is 6.39. The van der Waals surface area contributed by atoms with Gasteiger partial charge in [0.25, 0.3) is 0 Å². The van der Waals surface area contributed by atoms with Crippen LogP contribution in [0.15, 0.2) is 0 Å². The number of rotatable bonds is 12. The number of hydrogen-bond donors (Lipinski definition) is 1. The molecule has 1 N–H and O–H groups in total. The van der Waals surface area contributed by atoms with Crippen LogP contribution in [0.4, 0.5) is 0 Å². The molecule has 0 radical (unpaired) electrons. The maximum absolute atomic E-state index is 3.86. The molecule has 0 aliphatic carbocycles. The van der Waals surface area contributed by atoms with Crippen molar-refractivity contribution in [1.29, 1.82) is 0 Å². The summed E-state index contributed by atoms with van der Waals surface area (Å²) in [6.45, 7) is 19.8. The summed E-state index contributed by atoms with van der Waals surface area (Å²) < 4.78 is 0. The zero-order valence-electron chi connectivity index (χ0n) is 15.3. The summed E-state index contributed by atoms with van der Waals surface area (Å²) in [5.41, 5.74) is 0.278. The van der Waals surface area contributed by atoms with E-state index in [9.17, 15) is 0 Å². The van der Waals surface area contributed by atoms with E-state index < -0.39 is 0 Å². The highest BCUT2D eigenvalue weighted by atomic mass is 15.2. The first-order chi connectivity index (χ1) is 9.49. The Morgan fingerprint density at radius 2 is 1.60 bits per heavy atom. The normalized spacial score (nSPS) is 18.0. The van der Waals surface area contributed by atoms with Gasteiger partial charge in [0.1, 0.15) is 0 Å². The van der Waals surface area contributed by atoms with Crippen LogP contribution in [-0.2, 0) is 0 Å². The zero-order chi connectivity index (χ0) is 15.6. The third-order valence-electron chi connectivity index (χ3n) is 5.01. The van der Waals surface area contributed by atoms with Crippen molar-refractivity contribution >= 4 is 0 Å². The third-order valence-corrected chi connectivity index (χ3v) is 5.01. The lowest BCUT2D eigenvalue weighted by atomic mass is 9.81. The largest absolute Gasteiger partial charge is 0.312 e. The van der Waals surface area contributed by atoms with Gasteiger partial charge in [-0.2, -0.15) is 0 Å². The molecule has 0 aliphatic rings. The van der Waals surface area contributed by atoms with Crippen molar-refractivity contribution in [1.82, 2.24) is 10.2 Å². The van der Waals surface area contributed by atoms with E-state index in [2.05, 4.69) is 58.7 Å². The summed E-state index contributed by atoms with van der Waals surface area (Å²) in [4.78, 5) is 2.65. The van der Waals surface area contributed by atoms with Gasteiger partial charge in [0.05, 0.1) is 0 Å². The minimum atomic E-state index is 0.278. The van der Waals surface area contributed by atoms with Gasteiger partial charge in [-0.15, -0.1) is 0 Å². The molecular weight excluding hydrogens is 244 g/mol. The number of likely N-dealkylation sites (N-methyl/N-ethyl adjacent to an activating group) is 1. The van der Waals surface area contributed by atoms with E-state index in [-0.39, 0.29) is 5.54 Å². The Morgan fingerprint density at radius 1 is 1.00 bits per heavy atom. The Morgan fingerprint density at radius 3 is 2.00 bits per heavy atom. The van der Waals surface area contributed by atoms with Gasteiger partial charge in [0, 0.05) is 11.6 Å². The first-order valence-corrected chi connectivity index (χ1v) is 8.98. The first kappa shape index (κ1) is 19.9. The van der Waals surface area contributed by atoms with E-state index >= 15 is 0 Å². The lowest BCUT2D eigenvalue weighted by molar-refractivity contribution is 0.0602. The highest BCUT2D eigenvalue weighted by Gasteiger charge is 2.36. The molecule has 0 amide bonds. The second-order valence-electron chi connectivity index (χ2n) is 6.52. The number of hydrogen-bond acceptors (Lipinski definition) is 2. The SMILES string of the molecule is CCCNC(CC(C)CCC)C(C)(CC)N(CC)CC. The van der Waals surface area contributed by atoms with Gasteiger partial charge >= 0.3 is 0 Å². The second kappa shape index (κ2) is 10.6. The number of nitrogens with one attached hydrogen (secondary N) is 1. The monoisotopic (exact) mass is 284 g/mol. The molecule has 2 heteroatoms. The molecule has 0 rings (SSSR count). The molecule has 0 fully saturated rings. The predicted octanol–water partition coefficient (Wildman–Crippen LogP) is 4.69. The highest BCUT2D eigenvalue weighted by Crippen LogP contribution is 2.28. The minimum Gasteiger partial charge on any atom is -0.312 e.